The summed E-state index contributed by atoms with van der Waals surface area (Å²) in [5, 5.41) is 0.236. The number of rotatable bonds is 6. The molecule has 2 atom stereocenters. The summed E-state index contributed by atoms with van der Waals surface area (Å²) in [6.07, 6.45) is 0.275. The zero-order chi connectivity index (χ0) is 28.7. The summed E-state index contributed by atoms with van der Waals surface area (Å²) in [6.45, 7) is 1.12. The van der Waals surface area contributed by atoms with Gasteiger partial charge in [0.25, 0.3) is 11.8 Å². The van der Waals surface area contributed by atoms with Crippen molar-refractivity contribution < 1.29 is 19.2 Å². The van der Waals surface area contributed by atoms with Crippen molar-refractivity contribution in [2.24, 2.45) is 0 Å². The lowest BCUT2D eigenvalue weighted by Gasteiger charge is -2.20. The van der Waals surface area contributed by atoms with Gasteiger partial charge in [-0.1, -0.05) is 54.1 Å². The van der Waals surface area contributed by atoms with Crippen molar-refractivity contribution in [2.45, 2.75) is 38.4 Å². The molecule has 0 bridgehead atoms. The molecule has 0 unspecified atom stereocenters. The van der Waals surface area contributed by atoms with Gasteiger partial charge in [0.05, 0.1) is 30.8 Å². The summed E-state index contributed by atoms with van der Waals surface area (Å²) in [5.41, 5.74) is -3.09. The number of aromatic nitrogens is 3. The molecule has 12 nitrogen and oxygen atoms in total. The molecule has 2 fully saturated rings. The van der Waals surface area contributed by atoms with Gasteiger partial charge in [-0.3, -0.25) is 19.2 Å². The maximum absolute atomic E-state index is 13.8. The fraction of sp³-hybridized carbons (Fsp3) is 0.222. The highest BCUT2D eigenvalue weighted by molar-refractivity contribution is 6.29. The van der Waals surface area contributed by atoms with Crippen LogP contribution in [0.15, 0.2) is 86.2 Å². The average molecular weight is 564 g/mol. The quantitative estimate of drug-likeness (QED) is 0.412. The molecule has 3 heterocycles. The van der Waals surface area contributed by atoms with Gasteiger partial charge >= 0.3 is 17.1 Å². The summed E-state index contributed by atoms with van der Waals surface area (Å²) in [4.78, 5) is 95.1. The predicted molar refractivity (Wildman–Crippen MR) is 144 cm³/mol. The maximum Gasteiger partial charge on any atom is 0.337 e. The standard InChI is InChI=1S/C27H22ClN5O7/c1-16(28)12-13-29-25(38)32(19-14-21(34)30(23(19)36)17-8-4-2-5-9-17)27(40)33(26(29)39)20-15-22(35)31(24(20)37)18-10-6-3-7-11-18/h2-12,19-20H,13-15H2,1H3/b16-12-/t19-,20+. The number of halogens is 1. The van der Waals surface area contributed by atoms with Crippen LogP contribution in [0.2, 0.25) is 0 Å². The van der Waals surface area contributed by atoms with Gasteiger partial charge in [-0.05, 0) is 31.2 Å². The lowest BCUT2D eigenvalue weighted by Crippen LogP contribution is -2.57. The second-order valence-corrected chi connectivity index (χ2v) is 9.83. The Morgan fingerprint density at radius 2 is 1.10 bits per heavy atom. The molecule has 0 saturated carbocycles. The number of para-hydroxylation sites is 2. The SMILES string of the molecule is C/C(Cl)=C/Cn1c(=O)n([C@@H]2CC(=O)N(c3ccccc3)C2=O)c(=O)n([C@H]2CC(=O)N(c3ccccc3)C2=O)c1=O. The minimum Gasteiger partial charge on any atom is -0.274 e. The zero-order valence-corrected chi connectivity index (χ0v) is 21.9. The van der Waals surface area contributed by atoms with Crippen LogP contribution in [-0.4, -0.2) is 37.3 Å². The van der Waals surface area contributed by atoms with Crippen LogP contribution < -0.4 is 26.9 Å². The Bertz CT molecular complexity index is 1640. The van der Waals surface area contributed by atoms with Crippen LogP contribution in [0.5, 0.6) is 0 Å². The molecule has 5 rings (SSSR count). The number of nitrogens with zero attached hydrogens (tertiary/aromatic N) is 5. The van der Waals surface area contributed by atoms with E-state index in [-0.39, 0.29) is 23.0 Å². The van der Waals surface area contributed by atoms with Gasteiger partial charge in [0.2, 0.25) is 11.8 Å². The fourth-order valence-corrected chi connectivity index (χ4v) is 4.93. The van der Waals surface area contributed by atoms with Gasteiger partial charge in [-0.2, -0.15) is 0 Å². The van der Waals surface area contributed by atoms with Crippen LogP contribution >= 0.6 is 11.6 Å². The Morgan fingerprint density at radius 3 is 1.48 bits per heavy atom. The molecule has 0 spiro atoms. The molecular weight excluding hydrogens is 542 g/mol. The van der Waals surface area contributed by atoms with Crippen molar-refractivity contribution in [1.82, 2.24) is 13.7 Å². The lowest BCUT2D eigenvalue weighted by molar-refractivity contribution is -0.123. The molecule has 0 radical (unpaired) electrons. The largest absolute Gasteiger partial charge is 0.337 e. The van der Waals surface area contributed by atoms with Gasteiger partial charge in [-0.25, -0.2) is 37.9 Å². The first-order valence-corrected chi connectivity index (χ1v) is 12.6. The van der Waals surface area contributed by atoms with E-state index in [0.717, 1.165) is 9.80 Å². The van der Waals surface area contributed by atoms with Crippen LogP contribution in [0.25, 0.3) is 0 Å². The Labute approximate surface area is 230 Å². The Kier molecular flexibility index (Phi) is 6.94. The summed E-state index contributed by atoms with van der Waals surface area (Å²) >= 11 is 5.91. The fourth-order valence-electron chi connectivity index (χ4n) is 4.86. The smallest absolute Gasteiger partial charge is 0.274 e. The van der Waals surface area contributed by atoms with E-state index in [9.17, 15) is 33.6 Å². The zero-order valence-electron chi connectivity index (χ0n) is 21.1. The van der Waals surface area contributed by atoms with Crippen molar-refractivity contribution in [1.29, 1.82) is 0 Å². The Balaban J connectivity index is 1.67. The first-order valence-electron chi connectivity index (χ1n) is 12.3. The molecule has 4 amide bonds. The van der Waals surface area contributed by atoms with E-state index in [1.807, 2.05) is 0 Å². The van der Waals surface area contributed by atoms with Crippen molar-refractivity contribution in [3.63, 3.8) is 0 Å². The van der Waals surface area contributed by atoms with E-state index in [1.54, 1.807) is 36.4 Å². The highest BCUT2D eigenvalue weighted by Gasteiger charge is 2.46. The normalized spacial score (nSPS) is 19.7. The van der Waals surface area contributed by atoms with E-state index in [2.05, 4.69) is 0 Å². The van der Waals surface area contributed by atoms with Gasteiger partial charge in [0, 0.05) is 5.03 Å². The predicted octanol–water partition coefficient (Wildman–Crippen LogP) is 1.32. The van der Waals surface area contributed by atoms with E-state index in [1.165, 1.54) is 37.3 Å². The number of benzene rings is 2. The van der Waals surface area contributed by atoms with Crippen molar-refractivity contribution >= 4 is 46.6 Å². The van der Waals surface area contributed by atoms with E-state index < -0.39 is 65.6 Å². The molecule has 1 aromatic heterocycles. The average Bonchev–Trinajstić information content (AvgIpc) is 3.38. The monoisotopic (exact) mass is 563 g/mol. The molecule has 2 aromatic carbocycles. The highest BCUT2D eigenvalue weighted by Crippen LogP contribution is 2.30. The molecule has 2 saturated heterocycles. The van der Waals surface area contributed by atoms with E-state index in [0.29, 0.717) is 13.7 Å². The lowest BCUT2D eigenvalue weighted by atomic mass is 10.2. The van der Waals surface area contributed by atoms with Crippen molar-refractivity contribution in [3.05, 3.63) is 103 Å². The number of anilines is 2. The molecule has 3 aromatic rings. The van der Waals surface area contributed by atoms with Gasteiger partial charge < -0.3 is 0 Å². The van der Waals surface area contributed by atoms with Gasteiger partial charge in [0.15, 0.2) is 0 Å². The Hall–Kier alpha value is -4.84. The van der Waals surface area contributed by atoms with E-state index in [4.69, 9.17) is 11.6 Å². The van der Waals surface area contributed by atoms with Crippen molar-refractivity contribution in [3.8, 4) is 0 Å². The molecule has 204 valence electrons. The molecule has 13 heteroatoms. The highest BCUT2D eigenvalue weighted by atomic mass is 35.5. The van der Waals surface area contributed by atoms with Crippen LogP contribution in [0.1, 0.15) is 31.8 Å². The third kappa shape index (κ3) is 4.41. The van der Waals surface area contributed by atoms with Crippen LogP contribution in [0.3, 0.4) is 0 Å². The number of imide groups is 2. The minimum atomic E-state index is -1.58. The molecule has 0 N–H and O–H groups in total. The number of hydrogen-bond donors (Lipinski definition) is 0. The minimum absolute atomic E-state index is 0.236. The third-order valence-electron chi connectivity index (χ3n) is 6.74. The van der Waals surface area contributed by atoms with Gasteiger partial charge in [0.1, 0.15) is 12.1 Å². The number of hydrogen-bond acceptors (Lipinski definition) is 7. The first kappa shape index (κ1) is 26.8. The maximum atomic E-state index is 13.8. The number of allylic oxidation sites excluding steroid dienone is 2. The van der Waals surface area contributed by atoms with Crippen LogP contribution in [0, 0.1) is 0 Å². The first-order chi connectivity index (χ1) is 19.1. The Morgan fingerprint density at radius 1 is 0.700 bits per heavy atom. The van der Waals surface area contributed by atoms with Crippen LogP contribution in [0.4, 0.5) is 11.4 Å². The summed E-state index contributed by atoms with van der Waals surface area (Å²) in [6, 6.07) is 12.8. The molecule has 2 aliphatic rings. The van der Waals surface area contributed by atoms with Crippen molar-refractivity contribution in [2.75, 3.05) is 9.80 Å². The number of amides is 4. The summed E-state index contributed by atoms with van der Waals surface area (Å²) < 4.78 is 1.65. The number of carbonyl (C=O) groups is 4. The topological polar surface area (TPSA) is 141 Å². The molecule has 0 aliphatic carbocycles. The van der Waals surface area contributed by atoms with Gasteiger partial charge in [-0.15, -0.1) is 0 Å². The second kappa shape index (κ2) is 10.4. The van der Waals surface area contributed by atoms with Crippen LogP contribution in [-0.2, 0) is 25.7 Å². The van der Waals surface area contributed by atoms with E-state index >= 15 is 0 Å². The number of carbonyl (C=O) groups excluding carboxylic acids is 4. The second-order valence-electron chi connectivity index (χ2n) is 9.23. The summed E-state index contributed by atoms with van der Waals surface area (Å²) in [7, 11) is 0. The molecular formula is C27H22ClN5O7. The summed E-state index contributed by atoms with van der Waals surface area (Å²) in [5.74, 6) is -3.02. The molecule has 40 heavy (non-hydrogen) atoms. The molecule has 2 aliphatic heterocycles. The third-order valence-corrected chi connectivity index (χ3v) is 6.89.